The van der Waals surface area contributed by atoms with Crippen LogP contribution in [0.25, 0.3) is 10.4 Å². The molecule has 2 N–H and O–H groups in total. The molecule has 7 heteroatoms. The van der Waals surface area contributed by atoms with Crippen molar-refractivity contribution in [3.63, 3.8) is 0 Å². The second-order valence-electron chi connectivity index (χ2n) is 2.25. The van der Waals surface area contributed by atoms with Crippen LogP contribution < -0.4 is 4.35 Å². The second-order valence-corrected chi connectivity index (χ2v) is 5.62. The van der Waals surface area contributed by atoms with Crippen molar-refractivity contribution in [1.29, 1.82) is 0 Å². The summed E-state index contributed by atoms with van der Waals surface area (Å²) >= 11 is -4.79. The Hall–Kier alpha value is -1.19. The summed E-state index contributed by atoms with van der Waals surface area (Å²) in [6, 6.07) is 5.22. The molecule has 1 rings (SSSR count). The van der Waals surface area contributed by atoms with Crippen molar-refractivity contribution in [3.8, 4) is 0 Å². The molecule has 0 amide bonds. The van der Waals surface area contributed by atoms with Crippen LogP contribution in [0.2, 0.25) is 0 Å². The first-order valence-electron chi connectivity index (χ1n) is 3.25. The normalized spacial score (nSPS) is 10.6. The Morgan fingerprint density at radius 3 is 2.23 bits per heavy atom. The van der Waals surface area contributed by atoms with Crippen molar-refractivity contribution < 1.29 is 11.9 Å². The summed E-state index contributed by atoms with van der Waals surface area (Å²) in [6.45, 7) is 0. The van der Waals surface area contributed by atoms with Gasteiger partial charge in [0, 0.05) is 0 Å². The van der Waals surface area contributed by atoms with Gasteiger partial charge in [0.15, 0.2) is 0 Å². The van der Waals surface area contributed by atoms with Gasteiger partial charge in [0.1, 0.15) is 0 Å². The van der Waals surface area contributed by atoms with Gasteiger partial charge in [0.05, 0.1) is 0 Å². The fraction of sp³-hybridized carbons (Fsp3) is 0. The van der Waals surface area contributed by atoms with Crippen LogP contribution in [0.3, 0.4) is 0 Å². The van der Waals surface area contributed by atoms with E-state index in [2.05, 4.69) is 10.0 Å². The Kier molecular flexibility index (Phi) is 2.80. The maximum absolute atomic E-state index is 10.8. The van der Waals surface area contributed by atoms with Crippen LogP contribution in [-0.2, 0) is 3.74 Å². The minimum atomic E-state index is -4.79. The maximum atomic E-state index is 10.8. The molecule has 0 unspecified atom stereocenters. The van der Waals surface area contributed by atoms with Gasteiger partial charge in [-0.05, 0) is 0 Å². The Bertz CT molecular complexity index is 390. The molecule has 0 aliphatic rings. The molecule has 0 heterocycles. The van der Waals surface area contributed by atoms with Crippen LogP contribution in [0.5, 0.6) is 0 Å². The second kappa shape index (κ2) is 3.68. The molecular weight excluding hydrogens is 237 g/mol. The first kappa shape index (κ1) is 9.89. The summed E-state index contributed by atoms with van der Waals surface area (Å²) in [5.41, 5.74) is 8.39. The van der Waals surface area contributed by atoms with E-state index < -0.39 is 14.2 Å². The van der Waals surface area contributed by atoms with Gasteiger partial charge >= 0.3 is 76.0 Å². The summed E-state index contributed by atoms with van der Waals surface area (Å²) < 4.78 is 28.3. The third kappa shape index (κ3) is 2.64. The van der Waals surface area contributed by atoms with E-state index in [1.165, 1.54) is 24.3 Å². The molecule has 0 saturated carbocycles. The summed E-state index contributed by atoms with van der Waals surface area (Å²) in [4.78, 5) is 2.53. The summed E-state index contributed by atoms with van der Waals surface area (Å²) in [5, 5.41) is 3.26. The average molecular weight is 243 g/mol. The molecule has 13 heavy (non-hydrogen) atoms. The van der Waals surface area contributed by atoms with E-state index in [0.29, 0.717) is 5.69 Å². The number of benzene rings is 1. The predicted molar refractivity (Wildman–Crippen MR) is 45.8 cm³/mol. The number of hydrogen-bond donors (Lipinski definition) is 2. The number of azide groups is 1. The molecule has 6 nitrogen and oxygen atoms in total. The van der Waals surface area contributed by atoms with Gasteiger partial charge in [-0.25, -0.2) is 0 Å². The van der Waals surface area contributed by atoms with Crippen LogP contribution in [0.4, 0.5) is 5.69 Å². The van der Waals surface area contributed by atoms with Crippen LogP contribution in [0.15, 0.2) is 29.4 Å². The molecule has 0 atom stereocenters. The molecule has 0 saturated heterocycles. The summed E-state index contributed by atoms with van der Waals surface area (Å²) in [6.07, 6.45) is 0. The van der Waals surface area contributed by atoms with Crippen molar-refractivity contribution in [2.24, 2.45) is 5.11 Å². The van der Waals surface area contributed by atoms with Gasteiger partial charge < -0.3 is 0 Å². The number of nitrogens with zero attached hydrogens (tertiary/aromatic N) is 3. The molecular formula is C6H6AsN3O3. The number of hydrogen-bond acceptors (Lipinski definition) is 2. The van der Waals surface area contributed by atoms with Crippen molar-refractivity contribution in [3.05, 3.63) is 34.7 Å². The van der Waals surface area contributed by atoms with E-state index in [-0.39, 0.29) is 4.35 Å². The fourth-order valence-electron chi connectivity index (χ4n) is 0.765. The van der Waals surface area contributed by atoms with Gasteiger partial charge in [-0.1, -0.05) is 0 Å². The Morgan fingerprint density at radius 1 is 1.31 bits per heavy atom. The van der Waals surface area contributed by atoms with Crippen molar-refractivity contribution in [2.45, 2.75) is 0 Å². The predicted octanol–water partition coefficient (Wildman–Crippen LogP) is 0.189. The average Bonchev–Trinajstić information content (AvgIpc) is 2.04. The summed E-state index contributed by atoms with van der Waals surface area (Å²) in [5.74, 6) is 0. The van der Waals surface area contributed by atoms with Gasteiger partial charge in [-0.15, -0.1) is 0 Å². The van der Waals surface area contributed by atoms with Gasteiger partial charge in [-0.2, -0.15) is 0 Å². The minimum absolute atomic E-state index is 0.0324. The van der Waals surface area contributed by atoms with Gasteiger partial charge in [0.2, 0.25) is 0 Å². The Morgan fingerprint density at radius 2 is 1.85 bits per heavy atom. The zero-order chi connectivity index (χ0) is 9.90. The zero-order valence-electron chi connectivity index (χ0n) is 6.40. The van der Waals surface area contributed by atoms with Crippen LogP contribution in [0.1, 0.15) is 0 Å². The fourth-order valence-corrected chi connectivity index (χ4v) is 1.89. The standard InChI is InChI=1S/C6H6AsN3O3/c8-10-9-6-3-1-5(2-4-6)7(11,12)13/h1-4H,(H2,11,12,13). The van der Waals surface area contributed by atoms with E-state index >= 15 is 0 Å². The third-order valence-corrected chi connectivity index (χ3v) is 3.38. The molecule has 1 aromatic rings. The van der Waals surface area contributed by atoms with Crippen molar-refractivity contribution >= 4 is 24.2 Å². The topological polar surface area (TPSA) is 106 Å². The first-order chi connectivity index (χ1) is 6.04. The van der Waals surface area contributed by atoms with E-state index in [1.807, 2.05) is 0 Å². The van der Waals surface area contributed by atoms with E-state index in [0.717, 1.165) is 0 Å². The van der Waals surface area contributed by atoms with Gasteiger partial charge in [0.25, 0.3) is 0 Å². The quantitative estimate of drug-likeness (QED) is 0.335. The molecule has 1 aromatic carbocycles. The molecule has 0 fully saturated rings. The molecule has 0 spiro atoms. The van der Waals surface area contributed by atoms with Crippen LogP contribution in [-0.4, -0.2) is 22.4 Å². The molecule has 0 aliphatic carbocycles. The van der Waals surface area contributed by atoms with Crippen LogP contribution in [0, 0.1) is 0 Å². The molecule has 68 valence electrons. The van der Waals surface area contributed by atoms with E-state index in [4.69, 9.17) is 13.7 Å². The Labute approximate surface area is 76.4 Å². The van der Waals surface area contributed by atoms with Crippen LogP contribution >= 0.6 is 0 Å². The van der Waals surface area contributed by atoms with Crippen molar-refractivity contribution in [2.75, 3.05) is 0 Å². The van der Waals surface area contributed by atoms with Crippen molar-refractivity contribution in [1.82, 2.24) is 0 Å². The summed E-state index contributed by atoms with van der Waals surface area (Å²) in [7, 11) is 0. The first-order valence-corrected chi connectivity index (χ1v) is 6.63. The molecule has 0 aromatic heterocycles. The van der Waals surface area contributed by atoms with E-state index in [1.54, 1.807) is 0 Å². The third-order valence-electron chi connectivity index (χ3n) is 1.35. The zero-order valence-corrected chi connectivity index (χ0v) is 8.28. The van der Waals surface area contributed by atoms with Gasteiger partial charge in [-0.3, -0.25) is 0 Å². The number of rotatable bonds is 2. The molecule has 0 radical (unpaired) electrons. The monoisotopic (exact) mass is 243 g/mol. The molecule has 0 bridgehead atoms. The molecule has 0 aliphatic heterocycles. The SMILES string of the molecule is [N-]=[N+]=Nc1ccc([As](=O)(O)O)cc1. The Balaban J connectivity index is 3.07. The van der Waals surface area contributed by atoms with E-state index in [9.17, 15) is 3.74 Å².